The number of anilines is 1. The Labute approximate surface area is 109 Å². The Balaban J connectivity index is 2.26. The second-order valence-electron chi connectivity index (χ2n) is 4.49. The van der Waals surface area contributed by atoms with Crippen molar-refractivity contribution in [3.63, 3.8) is 0 Å². The van der Waals surface area contributed by atoms with E-state index in [-0.39, 0.29) is 5.91 Å². The number of ether oxygens (including phenoxy) is 1. The Morgan fingerprint density at radius 1 is 1.28 bits per heavy atom. The van der Waals surface area contributed by atoms with Crippen molar-refractivity contribution in [2.24, 2.45) is 0 Å². The molecule has 1 aromatic carbocycles. The van der Waals surface area contributed by atoms with Crippen LogP contribution in [-0.4, -0.2) is 25.6 Å². The Bertz CT molecular complexity index is 361. The molecule has 4 heteroatoms. The summed E-state index contributed by atoms with van der Waals surface area (Å²) < 4.78 is 5.06. The van der Waals surface area contributed by atoms with Crippen LogP contribution in [0.15, 0.2) is 24.3 Å². The third kappa shape index (κ3) is 5.68. The Morgan fingerprint density at radius 2 is 1.94 bits per heavy atom. The molecule has 0 aromatic heterocycles. The fourth-order valence-electron chi connectivity index (χ4n) is 1.54. The average molecular weight is 250 g/mol. The minimum atomic E-state index is 0.0470. The summed E-state index contributed by atoms with van der Waals surface area (Å²) in [7, 11) is 1.62. The third-order valence-corrected chi connectivity index (χ3v) is 2.51. The van der Waals surface area contributed by atoms with Crippen molar-refractivity contribution < 1.29 is 9.53 Å². The molecule has 0 bridgehead atoms. The van der Waals surface area contributed by atoms with Gasteiger partial charge in [-0.05, 0) is 37.2 Å². The van der Waals surface area contributed by atoms with Crippen LogP contribution in [0.5, 0.6) is 5.75 Å². The first-order chi connectivity index (χ1) is 8.61. The molecule has 0 saturated carbocycles. The van der Waals surface area contributed by atoms with Gasteiger partial charge in [0.25, 0.3) is 0 Å². The summed E-state index contributed by atoms with van der Waals surface area (Å²) in [6.45, 7) is 5.06. The molecule has 18 heavy (non-hydrogen) atoms. The van der Waals surface area contributed by atoms with Gasteiger partial charge in [0, 0.05) is 18.2 Å². The minimum Gasteiger partial charge on any atom is -0.497 e. The van der Waals surface area contributed by atoms with Gasteiger partial charge in [0.1, 0.15) is 5.75 Å². The fourth-order valence-corrected chi connectivity index (χ4v) is 1.54. The number of nitrogens with one attached hydrogen (secondary N) is 2. The summed E-state index contributed by atoms with van der Waals surface area (Å²) in [5, 5.41) is 6.14. The van der Waals surface area contributed by atoms with Gasteiger partial charge in [-0.1, -0.05) is 13.8 Å². The Hall–Kier alpha value is -1.55. The largest absolute Gasteiger partial charge is 0.497 e. The topological polar surface area (TPSA) is 50.4 Å². The van der Waals surface area contributed by atoms with Crippen molar-refractivity contribution in [3.05, 3.63) is 24.3 Å². The van der Waals surface area contributed by atoms with Gasteiger partial charge in [0.15, 0.2) is 0 Å². The third-order valence-electron chi connectivity index (χ3n) is 2.51. The Morgan fingerprint density at radius 3 is 2.50 bits per heavy atom. The van der Waals surface area contributed by atoms with E-state index in [2.05, 4.69) is 24.5 Å². The van der Waals surface area contributed by atoms with Crippen LogP contribution < -0.4 is 15.4 Å². The molecule has 0 aliphatic rings. The second kappa shape index (κ2) is 7.71. The number of hydrogen-bond donors (Lipinski definition) is 2. The quantitative estimate of drug-likeness (QED) is 0.731. The van der Waals surface area contributed by atoms with Gasteiger partial charge in [-0.3, -0.25) is 4.79 Å². The van der Waals surface area contributed by atoms with Gasteiger partial charge in [-0.2, -0.15) is 0 Å². The van der Waals surface area contributed by atoms with Crippen molar-refractivity contribution in [1.29, 1.82) is 0 Å². The maximum atomic E-state index is 11.6. The summed E-state index contributed by atoms with van der Waals surface area (Å²) in [6, 6.07) is 7.80. The highest BCUT2D eigenvalue weighted by Gasteiger charge is 2.02. The number of amides is 1. The second-order valence-corrected chi connectivity index (χ2v) is 4.49. The number of methoxy groups -OCH3 is 1. The number of carbonyl (C=O) groups excluding carboxylic acids is 1. The van der Waals surface area contributed by atoms with Crippen molar-refractivity contribution in [3.8, 4) is 5.75 Å². The molecule has 0 unspecified atom stereocenters. The molecule has 0 aliphatic heterocycles. The van der Waals surface area contributed by atoms with E-state index in [9.17, 15) is 4.79 Å². The molecule has 1 rings (SSSR count). The standard InChI is InChI=1S/C14H22N2O2/c1-11(2)15-10-4-5-14(17)16-12-6-8-13(18-3)9-7-12/h6-9,11,15H,4-5,10H2,1-3H3,(H,16,17). The van der Waals surface area contributed by atoms with E-state index in [0.29, 0.717) is 12.5 Å². The fraction of sp³-hybridized carbons (Fsp3) is 0.500. The van der Waals surface area contributed by atoms with E-state index in [0.717, 1.165) is 24.4 Å². The van der Waals surface area contributed by atoms with Crippen molar-refractivity contribution in [1.82, 2.24) is 5.32 Å². The lowest BCUT2D eigenvalue weighted by Gasteiger charge is -2.08. The monoisotopic (exact) mass is 250 g/mol. The van der Waals surface area contributed by atoms with Crippen LogP contribution >= 0.6 is 0 Å². The van der Waals surface area contributed by atoms with Gasteiger partial charge < -0.3 is 15.4 Å². The smallest absolute Gasteiger partial charge is 0.224 e. The lowest BCUT2D eigenvalue weighted by molar-refractivity contribution is -0.116. The molecule has 0 fully saturated rings. The maximum absolute atomic E-state index is 11.6. The zero-order valence-electron chi connectivity index (χ0n) is 11.3. The predicted molar refractivity (Wildman–Crippen MR) is 74.0 cm³/mol. The zero-order valence-corrected chi connectivity index (χ0v) is 11.3. The maximum Gasteiger partial charge on any atom is 0.224 e. The van der Waals surface area contributed by atoms with E-state index in [4.69, 9.17) is 4.74 Å². The first-order valence-electron chi connectivity index (χ1n) is 6.29. The molecule has 0 aliphatic carbocycles. The first kappa shape index (κ1) is 14.5. The van der Waals surface area contributed by atoms with E-state index in [1.807, 2.05) is 24.3 Å². The van der Waals surface area contributed by atoms with Crippen LogP contribution in [0.25, 0.3) is 0 Å². The molecule has 1 amide bonds. The average Bonchev–Trinajstić information content (AvgIpc) is 2.35. The van der Waals surface area contributed by atoms with Gasteiger partial charge in [-0.25, -0.2) is 0 Å². The van der Waals surface area contributed by atoms with Crippen LogP contribution in [-0.2, 0) is 4.79 Å². The highest BCUT2D eigenvalue weighted by molar-refractivity contribution is 5.90. The highest BCUT2D eigenvalue weighted by Crippen LogP contribution is 2.15. The molecule has 0 atom stereocenters. The van der Waals surface area contributed by atoms with Crippen LogP contribution in [0.3, 0.4) is 0 Å². The lowest BCUT2D eigenvalue weighted by atomic mass is 10.2. The molecule has 2 N–H and O–H groups in total. The van der Waals surface area contributed by atoms with Crippen LogP contribution in [0.2, 0.25) is 0 Å². The zero-order chi connectivity index (χ0) is 13.4. The molecule has 0 heterocycles. The van der Waals surface area contributed by atoms with Gasteiger partial charge in [0.05, 0.1) is 7.11 Å². The van der Waals surface area contributed by atoms with E-state index in [1.165, 1.54) is 0 Å². The SMILES string of the molecule is COc1ccc(NC(=O)CCCNC(C)C)cc1. The molecular formula is C14H22N2O2. The highest BCUT2D eigenvalue weighted by atomic mass is 16.5. The number of carbonyl (C=O) groups is 1. The van der Waals surface area contributed by atoms with Crippen LogP contribution in [0.1, 0.15) is 26.7 Å². The summed E-state index contributed by atoms with van der Waals surface area (Å²) in [5.41, 5.74) is 0.803. The molecule has 100 valence electrons. The Kier molecular flexibility index (Phi) is 6.22. The van der Waals surface area contributed by atoms with Gasteiger partial charge in [0.2, 0.25) is 5.91 Å². The predicted octanol–water partition coefficient (Wildman–Crippen LogP) is 2.41. The lowest BCUT2D eigenvalue weighted by Crippen LogP contribution is -2.24. The van der Waals surface area contributed by atoms with E-state index in [1.54, 1.807) is 7.11 Å². The molecule has 0 saturated heterocycles. The number of hydrogen-bond acceptors (Lipinski definition) is 3. The van der Waals surface area contributed by atoms with Crippen molar-refractivity contribution in [2.45, 2.75) is 32.7 Å². The number of benzene rings is 1. The van der Waals surface area contributed by atoms with Crippen molar-refractivity contribution in [2.75, 3.05) is 19.0 Å². The summed E-state index contributed by atoms with van der Waals surface area (Å²) in [4.78, 5) is 11.6. The van der Waals surface area contributed by atoms with Crippen molar-refractivity contribution >= 4 is 11.6 Å². The number of rotatable bonds is 7. The minimum absolute atomic E-state index is 0.0470. The molecule has 0 radical (unpaired) electrons. The van der Waals surface area contributed by atoms with Crippen LogP contribution in [0.4, 0.5) is 5.69 Å². The molecule has 0 spiro atoms. The van der Waals surface area contributed by atoms with Gasteiger partial charge >= 0.3 is 0 Å². The van der Waals surface area contributed by atoms with E-state index >= 15 is 0 Å². The normalized spacial score (nSPS) is 10.4. The first-order valence-corrected chi connectivity index (χ1v) is 6.29. The van der Waals surface area contributed by atoms with E-state index < -0.39 is 0 Å². The molecular weight excluding hydrogens is 228 g/mol. The summed E-state index contributed by atoms with van der Waals surface area (Å²) in [5.74, 6) is 0.833. The van der Waals surface area contributed by atoms with Gasteiger partial charge in [-0.15, -0.1) is 0 Å². The summed E-state index contributed by atoms with van der Waals surface area (Å²) >= 11 is 0. The summed E-state index contributed by atoms with van der Waals surface area (Å²) in [6.07, 6.45) is 1.38. The molecule has 4 nitrogen and oxygen atoms in total. The van der Waals surface area contributed by atoms with Crippen LogP contribution in [0, 0.1) is 0 Å². The molecule has 1 aromatic rings.